The van der Waals surface area contributed by atoms with Crippen LogP contribution in [0.1, 0.15) is 17.0 Å². The van der Waals surface area contributed by atoms with E-state index in [1.807, 2.05) is 0 Å². The number of anilines is 2. The predicted molar refractivity (Wildman–Crippen MR) is 71.2 cm³/mol. The molecule has 0 radical (unpaired) electrons. The van der Waals surface area contributed by atoms with Crippen molar-refractivity contribution in [3.05, 3.63) is 46.1 Å². The van der Waals surface area contributed by atoms with Crippen LogP contribution in [0.2, 0.25) is 5.15 Å². The van der Waals surface area contributed by atoms with E-state index >= 15 is 0 Å². The third-order valence-corrected chi connectivity index (χ3v) is 3.11. The zero-order chi connectivity index (χ0) is 15.8. The minimum Gasteiger partial charge on any atom is -0.337 e. The van der Waals surface area contributed by atoms with Crippen LogP contribution in [0, 0.1) is 19.7 Å². The molecule has 0 aliphatic rings. The van der Waals surface area contributed by atoms with Crippen molar-refractivity contribution in [2.45, 2.75) is 20.0 Å². The average Bonchev–Trinajstić information content (AvgIpc) is 2.36. The first-order chi connectivity index (χ1) is 9.68. The third kappa shape index (κ3) is 3.41. The minimum absolute atomic E-state index is 0.150. The number of benzene rings is 1. The number of halogens is 5. The Hall–Kier alpha value is -1.89. The van der Waals surface area contributed by atoms with Gasteiger partial charge in [0.05, 0.1) is 11.3 Å². The van der Waals surface area contributed by atoms with E-state index in [0.717, 1.165) is 6.07 Å². The van der Waals surface area contributed by atoms with Crippen LogP contribution in [0.4, 0.5) is 29.1 Å². The average molecular weight is 320 g/mol. The highest BCUT2D eigenvalue weighted by Gasteiger charge is 2.31. The summed E-state index contributed by atoms with van der Waals surface area (Å²) in [6.07, 6.45) is -4.56. The SMILES string of the molecule is Cc1nc(Cl)c(C)c(Nc2cc(C(F)(F)F)ccc2F)n1. The Balaban J connectivity index is 2.45. The molecule has 0 fully saturated rings. The molecule has 2 aromatic rings. The van der Waals surface area contributed by atoms with E-state index in [-0.39, 0.29) is 16.7 Å². The van der Waals surface area contributed by atoms with Gasteiger partial charge in [0, 0.05) is 5.56 Å². The second-order valence-corrected chi connectivity index (χ2v) is 4.71. The summed E-state index contributed by atoms with van der Waals surface area (Å²) in [5, 5.41) is 2.67. The molecule has 0 saturated heterocycles. The van der Waals surface area contributed by atoms with Gasteiger partial charge in [-0.05, 0) is 32.0 Å². The molecule has 2 rings (SSSR count). The summed E-state index contributed by atoms with van der Waals surface area (Å²) in [5.74, 6) is -0.346. The molecule has 8 heteroatoms. The van der Waals surface area contributed by atoms with Gasteiger partial charge in [0.25, 0.3) is 0 Å². The molecule has 1 aromatic heterocycles. The fourth-order valence-corrected chi connectivity index (χ4v) is 1.85. The molecule has 0 aliphatic heterocycles. The van der Waals surface area contributed by atoms with Crippen LogP contribution in [-0.4, -0.2) is 9.97 Å². The fourth-order valence-electron chi connectivity index (χ4n) is 1.64. The summed E-state index contributed by atoms with van der Waals surface area (Å²) in [7, 11) is 0. The number of aromatic nitrogens is 2. The zero-order valence-electron chi connectivity index (χ0n) is 11.0. The van der Waals surface area contributed by atoms with E-state index in [9.17, 15) is 17.6 Å². The number of hydrogen-bond acceptors (Lipinski definition) is 3. The summed E-state index contributed by atoms with van der Waals surface area (Å²) in [6, 6.07) is 2.10. The molecule has 21 heavy (non-hydrogen) atoms. The molecule has 0 saturated carbocycles. The molecule has 0 atom stereocenters. The monoisotopic (exact) mass is 319 g/mol. The van der Waals surface area contributed by atoms with Crippen molar-refractivity contribution in [3.63, 3.8) is 0 Å². The Kier molecular flexibility index (Phi) is 4.04. The van der Waals surface area contributed by atoms with Crippen molar-refractivity contribution < 1.29 is 17.6 Å². The molecule has 0 bridgehead atoms. The van der Waals surface area contributed by atoms with Gasteiger partial charge in [0.1, 0.15) is 22.6 Å². The first kappa shape index (κ1) is 15.5. The number of nitrogens with zero attached hydrogens (tertiary/aromatic N) is 2. The van der Waals surface area contributed by atoms with E-state index in [0.29, 0.717) is 23.5 Å². The number of rotatable bonds is 2. The Labute approximate surface area is 123 Å². The van der Waals surface area contributed by atoms with Gasteiger partial charge in [-0.25, -0.2) is 14.4 Å². The standard InChI is InChI=1S/C13H10ClF4N3/c1-6-11(14)19-7(2)20-12(6)21-10-5-8(13(16,17)18)3-4-9(10)15/h3-5H,1-2H3,(H,19,20,21). The maximum absolute atomic E-state index is 13.7. The maximum atomic E-state index is 13.7. The minimum atomic E-state index is -4.56. The van der Waals surface area contributed by atoms with Crippen LogP contribution in [0.15, 0.2) is 18.2 Å². The van der Waals surface area contributed by atoms with Gasteiger partial charge in [-0.15, -0.1) is 0 Å². The van der Waals surface area contributed by atoms with Crippen molar-refractivity contribution in [3.8, 4) is 0 Å². The molecule has 0 amide bonds. The number of aryl methyl sites for hydroxylation is 1. The lowest BCUT2D eigenvalue weighted by molar-refractivity contribution is -0.137. The van der Waals surface area contributed by atoms with E-state index in [2.05, 4.69) is 15.3 Å². The summed E-state index contributed by atoms with van der Waals surface area (Å²) in [4.78, 5) is 7.90. The molecule has 0 unspecified atom stereocenters. The highest BCUT2D eigenvalue weighted by molar-refractivity contribution is 6.30. The van der Waals surface area contributed by atoms with Crippen LogP contribution in [-0.2, 0) is 6.18 Å². The lowest BCUT2D eigenvalue weighted by Gasteiger charge is -2.13. The van der Waals surface area contributed by atoms with Gasteiger partial charge in [0.15, 0.2) is 0 Å². The van der Waals surface area contributed by atoms with Crippen molar-refractivity contribution in [1.82, 2.24) is 9.97 Å². The molecular formula is C13H10ClF4N3. The first-order valence-electron chi connectivity index (χ1n) is 5.83. The highest BCUT2D eigenvalue weighted by Crippen LogP contribution is 2.33. The van der Waals surface area contributed by atoms with Gasteiger partial charge in [-0.1, -0.05) is 11.6 Å². The van der Waals surface area contributed by atoms with Gasteiger partial charge < -0.3 is 5.32 Å². The number of alkyl halides is 3. The quantitative estimate of drug-likeness (QED) is 0.647. The maximum Gasteiger partial charge on any atom is 0.416 e. The van der Waals surface area contributed by atoms with Gasteiger partial charge in [0.2, 0.25) is 0 Å². The summed E-state index contributed by atoms with van der Waals surface area (Å²) in [5.41, 5.74) is -0.873. The smallest absolute Gasteiger partial charge is 0.337 e. The fraction of sp³-hybridized carbons (Fsp3) is 0.231. The Morgan fingerprint density at radius 3 is 2.43 bits per heavy atom. The van der Waals surface area contributed by atoms with E-state index in [4.69, 9.17) is 11.6 Å². The largest absolute Gasteiger partial charge is 0.416 e. The Morgan fingerprint density at radius 1 is 1.14 bits per heavy atom. The second-order valence-electron chi connectivity index (χ2n) is 4.35. The van der Waals surface area contributed by atoms with Gasteiger partial charge in [-0.2, -0.15) is 13.2 Å². The summed E-state index contributed by atoms with van der Waals surface area (Å²) in [6.45, 7) is 3.15. The Bertz CT molecular complexity index is 686. The molecule has 1 heterocycles. The third-order valence-electron chi connectivity index (χ3n) is 2.74. The van der Waals surface area contributed by atoms with Crippen molar-refractivity contribution in [1.29, 1.82) is 0 Å². The lowest BCUT2D eigenvalue weighted by Crippen LogP contribution is -2.07. The normalized spacial score (nSPS) is 11.6. The van der Waals surface area contributed by atoms with Crippen LogP contribution < -0.4 is 5.32 Å². The molecule has 0 spiro atoms. The topological polar surface area (TPSA) is 37.8 Å². The van der Waals surface area contributed by atoms with Crippen LogP contribution in [0.3, 0.4) is 0 Å². The predicted octanol–water partition coefficient (Wildman–Crippen LogP) is 4.65. The van der Waals surface area contributed by atoms with Gasteiger partial charge >= 0.3 is 6.18 Å². The molecule has 112 valence electrons. The highest BCUT2D eigenvalue weighted by atomic mass is 35.5. The second kappa shape index (κ2) is 5.48. The van der Waals surface area contributed by atoms with Gasteiger partial charge in [-0.3, -0.25) is 0 Å². The lowest BCUT2D eigenvalue weighted by atomic mass is 10.2. The molecular weight excluding hydrogens is 310 g/mol. The van der Waals surface area contributed by atoms with Crippen LogP contribution in [0.25, 0.3) is 0 Å². The molecule has 1 N–H and O–H groups in total. The van der Waals surface area contributed by atoms with E-state index in [1.54, 1.807) is 13.8 Å². The molecule has 3 nitrogen and oxygen atoms in total. The summed E-state index contributed by atoms with van der Waals surface area (Å²) < 4.78 is 51.6. The van der Waals surface area contributed by atoms with Crippen LogP contribution >= 0.6 is 11.6 Å². The number of nitrogens with one attached hydrogen (secondary N) is 1. The number of hydrogen-bond donors (Lipinski definition) is 1. The van der Waals surface area contributed by atoms with Crippen molar-refractivity contribution in [2.75, 3.05) is 5.32 Å². The zero-order valence-corrected chi connectivity index (χ0v) is 11.8. The van der Waals surface area contributed by atoms with E-state index < -0.39 is 17.6 Å². The molecule has 1 aromatic carbocycles. The Morgan fingerprint density at radius 2 is 1.81 bits per heavy atom. The van der Waals surface area contributed by atoms with Crippen LogP contribution in [0.5, 0.6) is 0 Å². The van der Waals surface area contributed by atoms with E-state index in [1.165, 1.54) is 0 Å². The summed E-state index contributed by atoms with van der Waals surface area (Å²) >= 11 is 5.86. The molecule has 0 aliphatic carbocycles. The van der Waals surface area contributed by atoms with Crippen molar-refractivity contribution >= 4 is 23.1 Å². The first-order valence-corrected chi connectivity index (χ1v) is 6.21. The van der Waals surface area contributed by atoms with Crippen molar-refractivity contribution in [2.24, 2.45) is 0 Å².